The van der Waals surface area contributed by atoms with E-state index in [9.17, 15) is 9.18 Å². The van der Waals surface area contributed by atoms with Crippen molar-refractivity contribution in [2.45, 2.75) is 44.3 Å². The molecule has 0 atom stereocenters. The van der Waals surface area contributed by atoms with E-state index in [1.807, 2.05) is 17.0 Å². The molecule has 0 radical (unpaired) electrons. The van der Waals surface area contributed by atoms with Gasteiger partial charge >= 0.3 is 0 Å². The smallest absolute Gasteiger partial charge is 0.234 e. The molecule has 5 heteroatoms. The van der Waals surface area contributed by atoms with E-state index in [1.165, 1.54) is 37.1 Å². The van der Waals surface area contributed by atoms with Crippen molar-refractivity contribution in [2.75, 3.05) is 13.1 Å². The molecule has 0 saturated heterocycles. The average molecular weight is 373 g/mol. The standard InChI is InChI=1S/C21H25FN2OS/c22-18-4-2-1-3-17(18)13-26-20-23-5-6-24(20)19(25)21-10-14-7-15(11-21)9-16(8-14)12-21/h1-4,14-16H,5-13H2. The molecule has 26 heavy (non-hydrogen) atoms. The first-order valence-corrected chi connectivity index (χ1v) is 10.8. The number of rotatable bonds is 3. The van der Waals surface area contributed by atoms with Crippen LogP contribution in [-0.2, 0) is 10.5 Å². The first-order chi connectivity index (χ1) is 12.6. The maximum Gasteiger partial charge on any atom is 0.234 e. The summed E-state index contributed by atoms with van der Waals surface area (Å²) in [5, 5.41) is 0.800. The highest BCUT2D eigenvalue weighted by molar-refractivity contribution is 8.13. The Morgan fingerprint density at radius 2 is 1.81 bits per heavy atom. The number of thioether (sulfide) groups is 1. The van der Waals surface area contributed by atoms with Gasteiger partial charge in [0.05, 0.1) is 12.0 Å². The van der Waals surface area contributed by atoms with Crippen LogP contribution in [0, 0.1) is 29.0 Å². The topological polar surface area (TPSA) is 32.7 Å². The molecular formula is C21H25FN2OS. The third-order valence-corrected chi connectivity index (χ3v) is 7.92. The average Bonchev–Trinajstić information content (AvgIpc) is 3.07. The van der Waals surface area contributed by atoms with Crippen molar-refractivity contribution in [3.05, 3.63) is 35.6 Å². The first kappa shape index (κ1) is 16.8. The number of benzene rings is 1. The van der Waals surface area contributed by atoms with Gasteiger partial charge in [-0.15, -0.1) is 0 Å². The number of hydrogen-bond donors (Lipinski definition) is 0. The SMILES string of the molecule is O=C(N1CCN=C1SCc1ccccc1F)C12CC3CC(CC(C3)C1)C2. The van der Waals surface area contributed by atoms with Gasteiger partial charge in [0.15, 0.2) is 5.17 Å². The zero-order valence-corrected chi connectivity index (χ0v) is 15.8. The van der Waals surface area contributed by atoms with Gasteiger partial charge in [-0.25, -0.2) is 4.39 Å². The lowest BCUT2D eigenvalue weighted by Crippen LogP contribution is -2.55. The molecule has 0 spiro atoms. The second-order valence-electron chi connectivity index (χ2n) is 8.70. The highest BCUT2D eigenvalue weighted by Gasteiger charge is 2.56. The monoisotopic (exact) mass is 372 g/mol. The summed E-state index contributed by atoms with van der Waals surface area (Å²) in [6, 6.07) is 6.86. The van der Waals surface area contributed by atoms with Crippen molar-refractivity contribution in [3.63, 3.8) is 0 Å². The van der Waals surface area contributed by atoms with E-state index in [1.54, 1.807) is 6.07 Å². The lowest BCUT2D eigenvalue weighted by molar-refractivity contribution is -0.152. The van der Waals surface area contributed by atoms with E-state index in [-0.39, 0.29) is 11.2 Å². The number of nitrogens with zero attached hydrogens (tertiary/aromatic N) is 2. The summed E-state index contributed by atoms with van der Waals surface area (Å²) in [6.07, 6.45) is 7.28. The van der Waals surface area contributed by atoms with Gasteiger partial charge in [-0.3, -0.25) is 14.7 Å². The minimum Gasteiger partial charge on any atom is -0.289 e. The van der Waals surface area contributed by atoms with Gasteiger partial charge in [0.2, 0.25) is 5.91 Å². The normalized spacial score (nSPS) is 35.0. The van der Waals surface area contributed by atoms with E-state index in [0.717, 1.165) is 42.2 Å². The van der Waals surface area contributed by atoms with Gasteiger partial charge in [0.1, 0.15) is 5.82 Å². The summed E-state index contributed by atoms with van der Waals surface area (Å²) >= 11 is 1.51. The minimum absolute atomic E-state index is 0.127. The van der Waals surface area contributed by atoms with Crippen molar-refractivity contribution >= 4 is 22.8 Å². The summed E-state index contributed by atoms with van der Waals surface area (Å²) in [5.41, 5.74) is 0.549. The molecule has 1 aromatic carbocycles. The van der Waals surface area contributed by atoms with Gasteiger partial charge in [-0.1, -0.05) is 30.0 Å². The maximum atomic E-state index is 13.9. The number of aliphatic imine (C=N–C) groups is 1. The third kappa shape index (κ3) is 2.79. The van der Waals surface area contributed by atoms with E-state index in [2.05, 4.69) is 4.99 Å². The van der Waals surface area contributed by atoms with E-state index in [4.69, 9.17) is 0 Å². The lowest BCUT2D eigenvalue weighted by atomic mass is 9.49. The second-order valence-corrected chi connectivity index (χ2v) is 9.64. The van der Waals surface area contributed by atoms with Crippen LogP contribution in [0.25, 0.3) is 0 Å². The van der Waals surface area contributed by atoms with Crippen LogP contribution in [-0.4, -0.2) is 29.1 Å². The highest BCUT2D eigenvalue weighted by atomic mass is 32.2. The predicted octanol–water partition coefficient (Wildman–Crippen LogP) is 4.47. The molecule has 1 heterocycles. The van der Waals surface area contributed by atoms with Gasteiger partial charge < -0.3 is 0 Å². The number of hydrogen-bond acceptors (Lipinski definition) is 3. The van der Waals surface area contributed by atoms with Crippen molar-refractivity contribution < 1.29 is 9.18 Å². The second kappa shape index (κ2) is 6.36. The Kier molecular flexibility index (Phi) is 4.11. The molecule has 4 saturated carbocycles. The fourth-order valence-electron chi connectivity index (χ4n) is 6.16. The summed E-state index contributed by atoms with van der Waals surface area (Å²) < 4.78 is 13.9. The molecule has 4 fully saturated rings. The van der Waals surface area contributed by atoms with Crippen LogP contribution in [0.4, 0.5) is 4.39 Å². The molecule has 1 amide bonds. The van der Waals surface area contributed by atoms with Crippen LogP contribution in [0.1, 0.15) is 44.1 Å². The Bertz CT molecular complexity index is 727. The van der Waals surface area contributed by atoms with Gasteiger partial charge in [-0.05, 0) is 67.9 Å². The molecule has 0 N–H and O–H groups in total. The van der Waals surface area contributed by atoms with Gasteiger partial charge in [-0.2, -0.15) is 0 Å². The van der Waals surface area contributed by atoms with Gasteiger partial charge in [0.25, 0.3) is 0 Å². The Hall–Kier alpha value is -1.36. The van der Waals surface area contributed by atoms with Crippen LogP contribution < -0.4 is 0 Å². The number of carbonyl (C=O) groups is 1. The number of amidine groups is 1. The maximum absolute atomic E-state index is 13.9. The fraction of sp³-hybridized carbons (Fsp3) is 0.619. The third-order valence-electron chi connectivity index (χ3n) is 6.85. The first-order valence-electron chi connectivity index (χ1n) is 9.85. The molecule has 5 aliphatic rings. The lowest BCUT2D eigenvalue weighted by Gasteiger charge is -2.56. The van der Waals surface area contributed by atoms with E-state index >= 15 is 0 Å². The van der Waals surface area contributed by atoms with Crippen molar-refractivity contribution in [2.24, 2.45) is 28.2 Å². The summed E-state index contributed by atoms with van der Waals surface area (Å²) in [6.45, 7) is 1.37. The fourth-order valence-corrected chi connectivity index (χ4v) is 7.19. The van der Waals surface area contributed by atoms with Crippen LogP contribution in [0.15, 0.2) is 29.3 Å². The van der Waals surface area contributed by atoms with Crippen molar-refractivity contribution in [3.8, 4) is 0 Å². The minimum atomic E-state index is -0.183. The largest absolute Gasteiger partial charge is 0.289 e. The van der Waals surface area contributed by atoms with Crippen molar-refractivity contribution in [1.29, 1.82) is 0 Å². The van der Waals surface area contributed by atoms with Crippen LogP contribution >= 0.6 is 11.8 Å². The Morgan fingerprint density at radius 1 is 1.15 bits per heavy atom. The molecule has 4 aliphatic carbocycles. The Morgan fingerprint density at radius 3 is 2.46 bits per heavy atom. The molecule has 6 rings (SSSR count). The number of halogens is 1. The van der Waals surface area contributed by atoms with E-state index in [0.29, 0.717) is 30.3 Å². The number of carbonyl (C=O) groups excluding carboxylic acids is 1. The van der Waals surface area contributed by atoms with Crippen molar-refractivity contribution in [1.82, 2.24) is 4.90 Å². The predicted molar refractivity (Wildman–Crippen MR) is 102 cm³/mol. The Balaban J connectivity index is 1.31. The molecule has 138 valence electrons. The van der Waals surface area contributed by atoms with Crippen LogP contribution in [0.2, 0.25) is 0 Å². The molecule has 4 bridgehead atoms. The molecule has 0 aromatic heterocycles. The van der Waals surface area contributed by atoms with Crippen LogP contribution in [0.3, 0.4) is 0 Å². The van der Waals surface area contributed by atoms with Gasteiger partial charge in [0, 0.05) is 12.3 Å². The molecule has 1 aliphatic heterocycles. The summed E-state index contributed by atoms with van der Waals surface area (Å²) in [5.74, 6) is 2.94. The van der Waals surface area contributed by atoms with Crippen LogP contribution in [0.5, 0.6) is 0 Å². The number of amides is 1. The Labute approximate surface area is 158 Å². The zero-order chi connectivity index (χ0) is 17.7. The molecule has 1 aromatic rings. The molecular weight excluding hydrogens is 347 g/mol. The quantitative estimate of drug-likeness (QED) is 0.784. The highest BCUT2D eigenvalue weighted by Crippen LogP contribution is 2.60. The molecule has 3 nitrogen and oxygen atoms in total. The summed E-state index contributed by atoms with van der Waals surface area (Å²) in [4.78, 5) is 20.0. The zero-order valence-electron chi connectivity index (χ0n) is 15.0. The molecule has 0 unspecified atom stereocenters. The summed E-state index contributed by atoms with van der Waals surface area (Å²) in [7, 11) is 0. The van der Waals surface area contributed by atoms with E-state index < -0.39 is 0 Å².